The number of nitro groups is 1. The second-order valence-electron chi connectivity index (χ2n) is 7.93. The van der Waals surface area contributed by atoms with E-state index in [1.54, 1.807) is 20.8 Å². The Balaban J connectivity index is 2.01. The number of nitro benzene ring substituents is 1. The minimum absolute atomic E-state index is 0.0396. The van der Waals surface area contributed by atoms with Crippen LogP contribution >= 0.6 is 0 Å². The normalized spacial score (nSPS) is 20.9. The Labute approximate surface area is 163 Å². The lowest BCUT2D eigenvalue weighted by molar-refractivity contribution is -0.384. The number of carbonyl (C=O) groups is 2. The lowest BCUT2D eigenvalue weighted by Gasteiger charge is -2.23. The number of nitrogens with one attached hydrogen (secondary N) is 1. The molecule has 2 unspecified atom stereocenters. The lowest BCUT2D eigenvalue weighted by Crippen LogP contribution is -2.47. The van der Waals surface area contributed by atoms with Crippen molar-refractivity contribution in [2.24, 2.45) is 11.7 Å². The van der Waals surface area contributed by atoms with E-state index in [0.717, 1.165) is 6.42 Å². The van der Waals surface area contributed by atoms with Gasteiger partial charge in [0.2, 0.25) is 0 Å². The summed E-state index contributed by atoms with van der Waals surface area (Å²) >= 11 is 0. The Morgan fingerprint density at radius 1 is 1.32 bits per heavy atom. The van der Waals surface area contributed by atoms with E-state index >= 15 is 0 Å². The molecule has 0 saturated heterocycles. The molecular weight excluding hydrogens is 366 g/mol. The van der Waals surface area contributed by atoms with E-state index in [-0.39, 0.29) is 18.2 Å². The molecule has 1 aromatic rings. The van der Waals surface area contributed by atoms with Crippen molar-refractivity contribution >= 4 is 17.7 Å². The third-order valence-electron chi connectivity index (χ3n) is 4.47. The zero-order valence-electron chi connectivity index (χ0n) is 16.4. The predicted octanol–water partition coefficient (Wildman–Crippen LogP) is 2.66. The smallest absolute Gasteiger partial charge is 0.408 e. The molecule has 0 bridgehead atoms. The van der Waals surface area contributed by atoms with Crippen LogP contribution in [0.5, 0.6) is 0 Å². The molecule has 2 rings (SSSR count). The van der Waals surface area contributed by atoms with Crippen LogP contribution in [0.1, 0.15) is 45.6 Å². The van der Waals surface area contributed by atoms with Crippen LogP contribution in [-0.4, -0.2) is 34.7 Å². The number of alkyl carbamates (subject to hydrolysis) is 1. The van der Waals surface area contributed by atoms with Crippen molar-refractivity contribution in [2.45, 2.75) is 57.8 Å². The van der Waals surface area contributed by atoms with Crippen LogP contribution in [0.2, 0.25) is 0 Å². The minimum Gasteiger partial charge on any atom is -0.459 e. The number of carbonyl (C=O) groups excluding carboxylic acids is 2. The molecule has 0 heterocycles. The Kier molecular flexibility index (Phi) is 6.60. The van der Waals surface area contributed by atoms with Gasteiger partial charge in [-0.15, -0.1) is 0 Å². The Bertz CT molecular complexity index is 728. The van der Waals surface area contributed by atoms with Gasteiger partial charge in [0.05, 0.1) is 4.92 Å². The minimum atomic E-state index is -1.11. The summed E-state index contributed by atoms with van der Waals surface area (Å²) in [5.41, 5.74) is 4.32. The van der Waals surface area contributed by atoms with Crippen LogP contribution in [-0.2, 0) is 20.9 Å². The summed E-state index contributed by atoms with van der Waals surface area (Å²) in [5, 5.41) is 13.4. The van der Waals surface area contributed by atoms with Crippen molar-refractivity contribution in [3.63, 3.8) is 0 Å². The second-order valence-corrected chi connectivity index (χ2v) is 7.93. The molecule has 1 aromatic carbocycles. The average Bonchev–Trinajstić information content (AvgIpc) is 3.30. The summed E-state index contributed by atoms with van der Waals surface area (Å²) in [4.78, 5) is 35.1. The van der Waals surface area contributed by atoms with Crippen molar-refractivity contribution in [3.8, 4) is 0 Å². The first-order valence-electron chi connectivity index (χ1n) is 9.19. The van der Waals surface area contributed by atoms with E-state index in [9.17, 15) is 19.7 Å². The molecule has 1 aliphatic rings. The van der Waals surface area contributed by atoms with Crippen LogP contribution in [0.25, 0.3) is 0 Å². The van der Waals surface area contributed by atoms with Crippen molar-refractivity contribution in [1.82, 2.24) is 5.32 Å². The summed E-state index contributed by atoms with van der Waals surface area (Å²) < 4.78 is 10.7. The number of benzene rings is 1. The van der Waals surface area contributed by atoms with Gasteiger partial charge in [0.1, 0.15) is 17.7 Å². The topological polar surface area (TPSA) is 134 Å². The first-order chi connectivity index (χ1) is 13.1. The van der Waals surface area contributed by atoms with Gasteiger partial charge in [-0.25, -0.2) is 9.59 Å². The summed E-state index contributed by atoms with van der Waals surface area (Å²) in [5.74, 6) is -0.605. The maximum absolute atomic E-state index is 12.7. The molecule has 0 aromatic heterocycles. The van der Waals surface area contributed by atoms with Gasteiger partial charge in [-0.05, 0) is 70.2 Å². The van der Waals surface area contributed by atoms with E-state index in [0.29, 0.717) is 24.9 Å². The standard InChI is InChI=1S/C19H27N3O6/c1-18(2,3)28-17(24)21-19(11-14(19)5-4-10-20)16(23)27-12-13-6-8-15(9-7-13)22(25)26/h6-9,14H,4-5,10-12,20H2,1-3H3,(H,21,24). The van der Waals surface area contributed by atoms with Crippen molar-refractivity contribution < 1.29 is 24.0 Å². The van der Waals surface area contributed by atoms with Gasteiger partial charge >= 0.3 is 12.1 Å². The Morgan fingerprint density at radius 3 is 2.50 bits per heavy atom. The summed E-state index contributed by atoms with van der Waals surface area (Å²) in [7, 11) is 0. The fourth-order valence-corrected chi connectivity index (χ4v) is 2.97. The van der Waals surface area contributed by atoms with Gasteiger partial charge in [-0.2, -0.15) is 0 Å². The van der Waals surface area contributed by atoms with Gasteiger partial charge in [-0.3, -0.25) is 10.1 Å². The molecule has 1 fully saturated rings. The number of non-ortho nitro benzene ring substituents is 1. The number of esters is 1. The van der Waals surface area contributed by atoms with Crippen molar-refractivity contribution in [3.05, 3.63) is 39.9 Å². The van der Waals surface area contributed by atoms with Gasteiger partial charge in [0.25, 0.3) is 5.69 Å². The predicted molar refractivity (Wildman–Crippen MR) is 101 cm³/mol. The molecule has 28 heavy (non-hydrogen) atoms. The fraction of sp³-hybridized carbons (Fsp3) is 0.579. The Morgan fingerprint density at radius 2 is 1.96 bits per heavy atom. The van der Waals surface area contributed by atoms with Crippen molar-refractivity contribution in [2.75, 3.05) is 6.54 Å². The summed E-state index contributed by atoms with van der Waals surface area (Å²) in [6, 6.07) is 5.74. The van der Waals surface area contributed by atoms with Crippen LogP contribution in [0.3, 0.4) is 0 Å². The number of hydrogen-bond acceptors (Lipinski definition) is 7. The number of nitrogens with zero attached hydrogens (tertiary/aromatic N) is 1. The number of amides is 1. The molecule has 0 aliphatic heterocycles. The zero-order valence-corrected chi connectivity index (χ0v) is 16.4. The molecule has 9 heteroatoms. The van der Waals surface area contributed by atoms with Gasteiger partial charge < -0.3 is 20.5 Å². The summed E-state index contributed by atoms with van der Waals surface area (Å²) in [6.45, 7) is 5.68. The Hall–Kier alpha value is -2.68. The third kappa shape index (κ3) is 5.66. The lowest BCUT2D eigenvalue weighted by atomic mass is 10.1. The zero-order chi connectivity index (χ0) is 20.9. The quantitative estimate of drug-likeness (QED) is 0.394. The molecule has 1 saturated carbocycles. The first kappa shape index (κ1) is 21.6. The van der Waals surface area contributed by atoms with Crippen LogP contribution in [0.4, 0.5) is 10.5 Å². The van der Waals surface area contributed by atoms with E-state index in [1.807, 2.05) is 0 Å². The molecule has 3 N–H and O–H groups in total. The van der Waals surface area contributed by atoms with Gasteiger partial charge in [0.15, 0.2) is 0 Å². The van der Waals surface area contributed by atoms with E-state index in [2.05, 4.69) is 5.32 Å². The van der Waals surface area contributed by atoms with E-state index < -0.39 is 28.1 Å². The van der Waals surface area contributed by atoms with Gasteiger partial charge in [0, 0.05) is 12.1 Å². The summed E-state index contributed by atoms with van der Waals surface area (Å²) in [6.07, 6.45) is 1.22. The maximum atomic E-state index is 12.7. The number of rotatable bonds is 8. The number of ether oxygens (including phenoxy) is 2. The maximum Gasteiger partial charge on any atom is 0.408 e. The van der Waals surface area contributed by atoms with E-state index in [1.165, 1.54) is 24.3 Å². The SMILES string of the molecule is CC(C)(C)OC(=O)NC1(C(=O)OCc2ccc([N+](=O)[O-])cc2)CC1CCCN. The highest BCUT2D eigenvalue weighted by Gasteiger charge is 2.62. The second kappa shape index (κ2) is 8.55. The molecule has 0 spiro atoms. The van der Waals surface area contributed by atoms with Crippen LogP contribution in [0, 0.1) is 16.0 Å². The fourth-order valence-electron chi connectivity index (χ4n) is 2.97. The highest BCUT2D eigenvalue weighted by atomic mass is 16.6. The first-order valence-corrected chi connectivity index (χ1v) is 9.19. The van der Waals surface area contributed by atoms with Crippen molar-refractivity contribution in [1.29, 1.82) is 0 Å². The molecule has 154 valence electrons. The monoisotopic (exact) mass is 393 g/mol. The highest BCUT2D eigenvalue weighted by molar-refractivity contribution is 5.89. The molecule has 1 amide bonds. The highest BCUT2D eigenvalue weighted by Crippen LogP contribution is 2.47. The average molecular weight is 393 g/mol. The molecule has 2 atom stereocenters. The van der Waals surface area contributed by atoms with Crippen LogP contribution < -0.4 is 11.1 Å². The third-order valence-corrected chi connectivity index (χ3v) is 4.47. The number of nitrogens with two attached hydrogens (primary N) is 1. The largest absolute Gasteiger partial charge is 0.459 e. The van der Waals surface area contributed by atoms with E-state index in [4.69, 9.17) is 15.2 Å². The molecule has 0 radical (unpaired) electrons. The molecule has 1 aliphatic carbocycles. The number of hydrogen-bond donors (Lipinski definition) is 2. The van der Waals surface area contributed by atoms with Gasteiger partial charge in [-0.1, -0.05) is 0 Å². The molecular formula is C19H27N3O6. The molecule has 9 nitrogen and oxygen atoms in total. The van der Waals surface area contributed by atoms with Crippen LogP contribution in [0.15, 0.2) is 24.3 Å².